The van der Waals surface area contributed by atoms with Crippen LogP contribution in [0.3, 0.4) is 0 Å². The second kappa shape index (κ2) is 6.72. The zero-order chi connectivity index (χ0) is 14.5. The number of nitrogens with two attached hydrogens (primary N) is 1. The monoisotopic (exact) mass is 295 g/mol. The Labute approximate surface area is 120 Å². The number of ether oxygens (including phenoxy) is 1. The van der Waals surface area contributed by atoms with Crippen molar-refractivity contribution in [2.75, 3.05) is 12.9 Å². The fourth-order valence-electron chi connectivity index (χ4n) is 1.72. The van der Waals surface area contributed by atoms with Crippen molar-refractivity contribution < 1.29 is 13.5 Å². The molecule has 0 saturated heterocycles. The number of methoxy groups -OCH3 is 1. The van der Waals surface area contributed by atoms with Crippen molar-refractivity contribution in [1.82, 2.24) is 0 Å². The molecule has 1 atom stereocenters. The lowest BCUT2D eigenvalue weighted by Crippen LogP contribution is -2.12. The van der Waals surface area contributed by atoms with Crippen LogP contribution >= 0.6 is 11.8 Å². The van der Waals surface area contributed by atoms with Gasteiger partial charge in [0.25, 0.3) is 0 Å². The summed E-state index contributed by atoms with van der Waals surface area (Å²) in [5, 5.41) is 0. The lowest BCUT2D eigenvalue weighted by atomic mass is 10.1. The van der Waals surface area contributed by atoms with Gasteiger partial charge >= 0.3 is 0 Å². The highest BCUT2D eigenvalue weighted by Crippen LogP contribution is 2.26. The Morgan fingerprint density at radius 1 is 1.15 bits per heavy atom. The topological polar surface area (TPSA) is 35.2 Å². The molecule has 0 bridgehead atoms. The van der Waals surface area contributed by atoms with Gasteiger partial charge in [-0.1, -0.05) is 12.1 Å². The van der Waals surface area contributed by atoms with E-state index in [4.69, 9.17) is 10.5 Å². The first kappa shape index (κ1) is 14.8. The third kappa shape index (κ3) is 3.71. The van der Waals surface area contributed by atoms with Crippen molar-refractivity contribution in [2.24, 2.45) is 5.73 Å². The summed E-state index contributed by atoms with van der Waals surface area (Å²) < 4.78 is 31.1. The molecule has 1 unspecified atom stereocenters. The first-order valence-corrected chi connectivity index (χ1v) is 7.06. The van der Waals surface area contributed by atoms with Gasteiger partial charge in [-0.05, 0) is 35.9 Å². The maximum atomic E-state index is 13.1. The largest absolute Gasteiger partial charge is 0.497 e. The predicted molar refractivity (Wildman–Crippen MR) is 77.0 cm³/mol. The maximum Gasteiger partial charge on any atom is 0.159 e. The number of hydrogen-bond donors (Lipinski definition) is 1. The second-order valence-electron chi connectivity index (χ2n) is 4.27. The first-order valence-electron chi connectivity index (χ1n) is 6.07. The molecule has 2 rings (SSSR count). The van der Waals surface area contributed by atoms with Crippen LogP contribution in [0.5, 0.6) is 5.75 Å². The van der Waals surface area contributed by atoms with E-state index in [1.54, 1.807) is 13.2 Å². The van der Waals surface area contributed by atoms with E-state index in [1.807, 2.05) is 24.3 Å². The van der Waals surface area contributed by atoms with Crippen LogP contribution in [-0.2, 0) is 0 Å². The highest BCUT2D eigenvalue weighted by atomic mass is 32.2. The molecule has 2 aromatic rings. The highest BCUT2D eigenvalue weighted by Gasteiger charge is 2.09. The lowest BCUT2D eigenvalue weighted by Gasteiger charge is -2.13. The van der Waals surface area contributed by atoms with E-state index in [0.717, 1.165) is 17.4 Å². The zero-order valence-corrected chi connectivity index (χ0v) is 11.8. The average molecular weight is 295 g/mol. The standard InChI is InChI=1S/C15H15F2NOS/c1-19-11-4-2-3-10(7-11)15(18)9-20-12-5-6-13(16)14(17)8-12/h2-8,15H,9,18H2,1H3. The van der Waals surface area contributed by atoms with Crippen LogP contribution in [0.2, 0.25) is 0 Å². The van der Waals surface area contributed by atoms with E-state index in [1.165, 1.54) is 17.8 Å². The Bertz CT molecular complexity index is 592. The molecular weight excluding hydrogens is 280 g/mol. The third-order valence-corrected chi connectivity index (χ3v) is 3.96. The Kier molecular flexibility index (Phi) is 4.98. The Hall–Kier alpha value is -1.59. The quantitative estimate of drug-likeness (QED) is 0.853. The van der Waals surface area contributed by atoms with Gasteiger partial charge in [0.2, 0.25) is 0 Å². The van der Waals surface area contributed by atoms with Gasteiger partial charge in [-0.2, -0.15) is 0 Å². The van der Waals surface area contributed by atoms with Crippen LogP contribution in [0.1, 0.15) is 11.6 Å². The molecule has 0 radical (unpaired) electrons. The fraction of sp³-hybridized carbons (Fsp3) is 0.200. The predicted octanol–water partition coefficient (Wildman–Crippen LogP) is 3.77. The van der Waals surface area contributed by atoms with Crippen LogP contribution in [0.15, 0.2) is 47.4 Å². The Morgan fingerprint density at radius 2 is 1.95 bits per heavy atom. The van der Waals surface area contributed by atoms with E-state index < -0.39 is 11.6 Å². The molecule has 2 N–H and O–H groups in total. The van der Waals surface area contributed by atoms with E-state index in [0.29, 0.717) is 10.6 Å². The molecule has 0 aliphatic carbocycles. The minimum atomic E-state index is -0.843. The Balaban J connectivity index is 2.00. The average Bonchev–Trinajstić information content (AvgIpc) is 2.48. The summed E-state index contributed by atoms with van der Waals surface area (Å²) >= 11 is 1.39. The molecule has 0 aromatic heterocycles. The van der Waals surface area contributed by atoms with Gasteiger partial charge in [0.15, 0.2) is 11.6 Å². The molecule has 2 aromatic carbocycles. The van der Waals surface area contributed by atoms with Gasteiger partial charge in [0, 0.05) is 16.7 Å². The van der Waals surface area contributed by atoms with Crippen LogP contribution in [0, 0.1) is 11.6 Å². The fourth-order valence-corrected chi connectivity index (χ4v) is 2.64. The molecular formula is C15H15F2NOS. The molecule has 5 heteroatoms. The van der Waals surface area contributed by atoms with Crippen molar-refractivity contribution in [2.45, 2.75) is 10.9 Å². The number of halogens is 2. The molecule has 0 aliphatic heterocycles. The number of hydrogen-bond acceptors (Lipinski definition) is 3. The van der Waals surface area contributed by atoms with Crippen molar-refractivity contribution in [3.63, 3.8) is 0 Å². The van der Waals surface area contributed by atoms with E-state index in [-0.39, 0.29) is 6.04 Å². The van der Waals surface area contributed by atoms with Crippen molar-refractivity contribution in [1.29, 1.82) is 0 Å². The maximum absolute atomic E-state index is 13.1. The third-order valence-electron chi connectivity index (χ3n) is 2.84. The first-order chi connectivity index (χ1) is 9.60. The second-order valence-corrected chi connectivity index (χ2v) is 5.36. The van der Waals surface area contributed by atoms with E-state index in [2.05, 4.69) is 0 Å². The number of thioether (sulfide) groups is 1. The number of rotatable bonds is 5. The van der Waals surface area contributed by atoms with E-state index in [9.17, 15) is 8.78 Å². The molecule has 106 valence electrons. The summed E-state index contributed by atoms with van der Waals surface area (Å²) in [4.78, 5) is 0.655. The van der Waals surface area contributed by atoms with Gasteiger partial charge in [0.05, 0.1) is 7.11 Å². The van der Waals surface area contributed by atoms with Crippen molar-refractivity contribution in [3.05, 3.63) is 59.7 Å². The minimum Gasteiger partial charge on any atom is -0.497 e. The molecule has 0 amide bonds. The molecule has 0 aliphatic rings. The van der Waals surface area contributed by atoms with Crippen molar-refractivity contribution in [3.8, 4) is 5.75 Å². The van der Waals surface area contributed by atoms with Crippen LogP contribution in [0.4, 0.5) is 8.78 Å². The lowest BCUT2D eigenvalue weighted by molar-refractivity contribution is 0.414. The summed E-state index contributed by atoms with van der Waals surface area (Å²) in [6.45, 7) is 0. The normalized spacial score (nSPS) is 12.2. The SMILES string of the molecule is COc1cccc(C(N)CSc2ccc(F)c(F)c2)c1. The molecule has 0 spiro atoms. The smallest absolute Gasteiger partial charge is 0.159 e. The Morgan fingerprint density at radius 3 is 2.65 bits per heavy atom. The van der Waals surface area contributed by atoms with Gasteiger partial charge in [-0.3, -0.25) is 0 Å². The molecule has 0 fully saturated rings. The molecule has 0 heterocycles. The number of benzene rings is 2. The summed E-state index contributed by atoms with van der Waals surface area (Å²) in [5.41, 5.74) is 7.03. The van der Waals surface area contributed by atoms with E-state index >= 15 is 0 Å². The summed E-state index contributed by atoms with van der Waals surface area (Å²) in [6, 6.07) is 11.1. The molecule has 0 saturated carbocycles. The van der Waals surface area contributed by atoms with Crippen LogP contribution in [-0.4, -0.2) is 12.9 Å². The minimum absolute atomic E-state index is 0.205. The summed E-state index contributed by atoms with van der Waals surface area (Å²) in [5.74, 6) is -0.370. The summed E-state index contributed by atoms with van der Waals surface area (Å²) in [6.07, 6.45) is 0. The molecule has 2 nitrogen and oxygen atoms in total. The highest BCUT2D eigenvalue weighted by molar-refractivity contribution is 7.99. The van der Waals surface area contributed by atoms with Gasteiger partial charge in [-0.25, -0.2) is 8.78 Å². The van der Waals surface area contributed by atoms with Gasteiger partial charge < -0.3 is 10.5 Å². The zero-order valence-electron chi connectivity index (χ0n) is 11.0. The van der Waals surface area contributed by atoms with Crippen LogP contribution in [0.25, 0.3) is 0 Å². The van der Waals surface area contributed by atoms with Crippen LogP contribution < -0.4 is 10.5 Å². The summed E-state index contributed by atoms with van der Waals surface area (Å²) in [7, 11) is 1.60. The van der Waals surface area contributed by atoms with Gasteiger partial charge in [-0.15, -0.1) is 11.8 Å². The molecule has 20 heavy (non-hydrogen) atoms. The van der Waals surface area contributed by atoms with Gasteiger partial charge in [0.1, 0.15) is 5.75 Å². The van der Waals surface area contributed by atoms with Crippen molar-refractivity contribution >= 4 is 11.8 Å².